The molecule has 6 heteroatoms. The topological polar surface area (TPSA) is 51.2 Å². The molecule has 1 saturated heterocycles. The minimum Gasteiger partial charge on any atom is -0.496 e. The molecule has 0 radical (unpaired) electrons. The van der Waals surface area contributed by atoms with Gasteiger partial charge in [-0.2, -0.15) is 0 Å². The summed E-state index contributed by atoms with van der Waals surface area (Å²) in [5.74, 6) is 2.28. The molecule has 0 atom stereocenters. The van der Waals surface area contributed by atoms with Crippen LogP contribution in [0.5, 0.6) is 17.2 Å². The number of hydrogen-bond acceptors (Lipinski definition) is 5. The summed E-state index contributed by atoms with van der Waals surface area (Å²) in [6.45, 7) is 5.89. The first kappa shape index (κ1) is 20.0. The number of nitrogens with zero attached hydrogens (tertiary/aromatic N) is 2. The van der Waals surface area contributed by atoms with Crippen molar-refractivity contribution in [2.24, 2.45) is 0 Å². The van der Waals surface area contributed by atoms with Crippen LogP contribution in [0, 0.1) is 6.92 Å². The van der Waals surface area contributed by atoms with E-state index < -0.39 is 0 Å². The molecule has 1 heterocycles. The zero-order valence-corrected chi connectivity index (χ0v) is 17.0. The van der Waals surface area contributed by atoms with Gasteiger partial charge in [0.15, 0.2) is 11.5 Å². The van der Waals surface area contributed by atoms with E-state index in [0.717, 1.165) is 42.4 Å². The van der Waals surface area contributed by atoms with Crippen LogP contribution in [0.1, 0.15) is 21.5 Å². The molecule has 0 unspecified atom stereocenters. The molecule has 0 bridgehead atoms. The van der Waals surface area contributed by atoms with Gasteiger partial charge in [-0.05, 0) is 42.3 Å². The minimum atomic E-state index is 0.0593. The predicted molar refractivity (Wildman–Crippen MR) is 108 cm³/mol. The van der Waals surface area contributed by atoms with E-state index in [1.54, 1.807) is 21.3 Å². The Kier molecular flexibility index (Phi) is 6.41. The van der Waals surface area contributed by atoms with Crippen molar-refractivity contribution in [1.29, 1.82) is 0 Å². The van der Waals surface area contributed by atoms with Crippen LogP contribution in [0.15, 0.2) is 36.4 Å². The fraction of sp³-hybridized carbons (Fsp3) is 0.409. The molecular weight excluding hydrogens is 356 g/mol. The Hall–Kier alpha value is -2.73. The third-order valence-corrected chi connectivity index (χ3v) is 5.17. The van der Waals surface area contributed by atoms with E-state index in [9.17, 15) is 4.79 Å². The summed E-state index contributed by atoms with van der Waals surface area (Å²) in [6, 6.07) is 11.6. The van der Waals surface area contributed by atoms with Gasteiger partial charge in [0.2, 0.25) is 0 Å². The lowest BCUT2D eigenvalue weighted by Gasteiger charge is -2.35. The SMILES string of the molecule is COc1cc(C(=O)N2CCN(Cc3ccc(OC)c(OC)c3)CC2)ccc1C. The molecule has 2 aromatic rings. The molecule has 2 aromatic carbocycles. The lowest BCUT2D eigenvalue weighted by Crippen LogP contribution is -2.48. The van der Waals surface area contributed by atoms with Crippen molar-refractivity contribution in [3.8, 4) is 17.2 Å². The first-order valence-corrected chi connectivity index (χ1v) is 9.43. The number of amides is 1. The first-order chi connectivity index (χ1) is 13.5. The Balaban J connectivity index is 1.59. The molecule has 0 spiro atoms. The molecule has 0 aromatic heterocycles. The third-order valence-electron chi connectivity index (χ3n) is 5.17. The third kappa shape index (κ3) is 4.39. The van der Waals surface area contributed by atoms with Crippen LogP contribution in [0.4, 0.5) is 0 Å². The number of rotatable bonds is 6. The minimum absolute atomic E-state index is 0.0593. The van der Waals surface area contributed by atoms with E-state index in [0.29, 0.717) is 18.7 Å². The second kappa shape index (κ2) is 8.97. The highest BCUT2D eigenvalue weighted by Gasteiger charge is 2.23. The molecule has 6 nitrogen and oxygen atoms in total. The van der Waals surface area contributed by atoms with Gasteiger partial charge < -0.3 is 19.1 Å². The number of benzene rings is 2. The van der Waals surface area contributed by atoms with Gasteiger partial charge in [0.1, 0.15) is 5.75 Å². The maximum atomic E-state index is 12.8. The highest BCUT2D eigenvalue weighted by molar-refractivity contribution is 5.94. The first-order valence-electron chi connectivity index (χ1n) is 9.43. The zero-order chi connectivity index (χ0) is 20.1. The van der Waals surface area contributed by atoms with Gasteiger partial charge in [0.25, 0.3) is 5.91 Å². The average Bonchev–Trinajstić information content (AvgIpc) is 2.74. The Bertz CT molecular complexity index is 829. The van der Waals surface area contributed by atoms with Crippen LogP contribution in [-0.4, -0.2) is 63.2 Å². The van der Waals surface area contributed by atoms with Crippen LogP contribution < -0.4 is 14.2 Å². The number of hydrogen-bond donors (Lipinski definition) is 0. The van der Waals surface area contributed by atoms with Crippen molar-refractivity contribution in [1.82, 2.24) is 9.80 Å². The van der Waals surface area contributed by atoms with Gasteiger partial charge in [0, 0.05) is 38.3 Å². The van der Waals surface area contributed by atoms with Crippen molar-refractivity contribution in [2.75, 3.05) is 47.5 Å². The Morgan fingerprint density at radius 2 is 1.54 bits per heavy atom. The second-order valence-electron chi connectivity index (χ2n) is 6.94. The average molecular weight is 384 g/mol. The normalized spacial score (nSPS) is 14.6. The van der Waals surface area contributed by atoms with Crippen LogP contribution in [0.25, 0.3) is 0 Å². The van der Waals surface area contributed by atoms with Gasteiger partial charge in [-0.15, -0.1) is 0 Å². The summed E-state index contributed by atoms with van der Waals surface area (Å²) >= 11 is 0. The lowest BCUT2D eigenvalue weighted by molar-refractivity contribution is 0.0628. The summed E-state index contributed by atoms with van der Waals surface area (Å²) in [4.78, 5) is 17.1. The number of aryl methyl sites for hydroxylation is 1. The van der Waals surface area contributed by atoms with Gasteiger partial charge >= 0.3 is 0 Å². The Morgan fingerprint density at radius 3 is 2.18 bits per heavy atom. The van der Waals surface area contributed by atoms with Crippen LogP contribution in [-0.2, 0) is 6.54 Å². The van der Waals surface area contributed by atoms with Crippen LogP contribution >= 0.6 is 0 Å². The van der Waals surface area contributed by atoms with Crippen molar-refractivity contribution < 1.29 is 19.0 Å². The lowest BCUT2D eigenvalue weighted by atomic mass is 10.1. The van der Waals surface area contributed by atoms with Crippen molar-refractivity contribution in [2.45, 2.75) is 13.5 Å². The monoisotopic (exact) mass is 384 g/mol. The molecular formula is C22H28N2O4. The second-order valence-corrected chi connectivity index (χ2v) is 6.94. The quantitative estimate of drug-likeness (QED) is 0.766. The standard InChI is InChI=1S/C22H28N2O4/c1-16-5-7-18(14-20(16)27-3)22(25)24-11-9-23(10-12-24)15-17-6-8-19(26-2)21(13-17)28-4/h5-8,13-14H,9-12,15H2,1-4H3. The van der Waals surface area contributed by atoms with E-state index in [-0.39, 0.29) is 5.91 Å². The fourth-order valence-corrected chi connectivity index (χ4v) is 3.48. The molecule has 0 saturated carbocycles. The van der Waals surface area contributed by atoms with Gasteiger partial charge in [0.05, 0.1) is 21.3 Å². The van der Waals surface area contributed by atoms with E-state index in [1.165, 1.54) is 5.56 Å². The predicted octanol–water partition coefficient (Wildman–Crippen LogP) is 2.98. The molecule has 1 aliphatic heterocycles. The number of carbonyl (C=O) groups is 1. The number of methoxy groups -OCH3 is 3. The maximum absolute atomic E-state index is 12.8. The van der Waals surface area contributed by atoms with Gasteiger partial charge in [-0.25, -0.2) is 0 Å². The Morgan fingerprint density at radius 1 is 0.857 bits per heavy atom. The zero-order valence-electron chi connectivity index (χ0n) is 17.0. The summed E-state index contributed by atoms with van der Waals surface area (Å²) in [5, 5.41) is 0. The van der Waals surface area contributed by atoms with Crippen molar-refractivity contribution in [3.63, 3.8) is 0 Å². The smallest absolute Gasteiger partial charge is 0.254 e. The summed E-state index contributed by atoms with van der Waals surface area (Å²) in [6.07, 6.45) is 0. The Labute approximate surface area is 166 Å². The van der Waals surface area contributed by atoms with E-state index in [1.807, 2.05) is 42.2 Å². The van der Waals surface area contributed by atoms with E-state index in [4.69, 9.17) is 14.2 Å². The molecule has 3 rings (SSSR count). The van der Waals surface area contributed by atoms with Crippen LogP contribution in [0.3, 0.4) is 0 Å². The molecule has 1 amide bonds. The van der Waals surface area contributed by atoms with E-state index >= 15 is 0 Å². The summed E-state index contributed by atoms with van der Waals surface area (Å²) in [5.41, 5.74) is 2.87. The molecule has 1 aliphatic rings. The summed E-state index contributed by atoms with van der Waals surface area (Å²) in [7, 11) is 4.91. The fourth-order valence-electron chi connectivity index (χ4n) is 3.48. The largest absolute Gasteiger partial charge is 0.496 e. The highest BCUT2D eigenvalue weighted by Crippen LogP contribution is 2.28. The van der Waals surface area contributed by atoms with E-state index in [2.05, 4.69) is 11.0 Å². The van der Waals surface area contributed by atoms with Crippen molar-refractivity contribution in [3.05, 3.63) is 53.1 Å². The summed E-state index contributed by atoms with van der Waals surface area (Å²) < 4.78 is 16.0. The molecule has 1 fully saturated rings. The van der Waals surface area contributed by atoms with Gasteiger partial charge in [-0.1, -0.05) is 12.1 Å². The van der Waals surface area contributed by atoms with Gasteiger partial charge in [-0.3, -0.25) is 9.69 Å². The molecule has 0 N–H and O–H groups in total. The number of ether oxygens (including phenoxy) is 3. The maximum Gasteiger partial charge on any atom is 0.254 e. The van der Waals surface area contributed by atoms with Crippen molar-refractivity contribution >= 4 is 5.91 Å². The van der Waals surface area contributed by atoms with Crippen LogP contribution in [0.2, 0.25) is 0 Å². The molecule has 150 valence electrons. The number of carbonyl (C=O) groups excluding carboxylic acids is 1. The highest BCUT2D eigenvalue weighted by atomic mass is 16.5. The number of piperazine rings is 1. The molecule has 28 heavy (non-hydrogen) atoms. The molecule has 0 aliphatic carbocycles.